The van der Waals surface area contributed by atoms with Gasteiger partial charge in [0.25, 0.3) is 0 Å². The van der Waals surface area contributed by atoms with Crippen molar-refractivity contribution in [1.29, 1.82) is 0 Å². The molecule has 0 fully saturated rings. The molecule has 0 aromatic heterocycles. The molecule has 0 bridgehead atoms. The number of carbonyl (C=O) groups is 1. The molecule has 0 aromatic rings. The minimum atomic E-state index is -1.65. The molecule has 0 aliphatic carbocycles. The van der Waals surface area contributed by atoms with E-state index in [0.29, 0.717) is 5.92 Å². The van der Waals surface area contributed by atoms with E-state index in [2.05, 4.69) is 13.8 Å². The first-order chi connectivity index (χ1) is 7.37. The molecule has 0 heterocycles. The summed E-state index contributed by atoms with van der Waals surface area (Å²) >= 11 is 0. The van der Waals surface area contributed by atoms with Crippen molar-refractivity contribution in [3.05, 3.63) is 0 Å². The van der Waals surface area contributed by atoms with Crippen molar-refractivity contribution in [3.8, 4) is 0 Å². The molecule has 4 nitrogen and oxygen atoms in total. The third-order valence-electron chi connectivity index (χ3n) is 3.11. The highest BCUT2D eigenvalue weighted by Gasteiger charge is 2.32. The van der Waals surface area contributed by atoms with Gasteiger partial charge in [-0.05, 0) is 19.4 Å². The van der Waals surface area contributed by atoms with Gasteiger partial charge in [0.2, 0.25) is 0 Å². The number of aliphatic hydroxyl groups is 1. The molecule has 2 N–H and O–H groups in total. The largest absolute Gasteiger partial charge is 0.479 e. The van der Waals surface area contributed by atoms with Crippen molar-refractivity contribution < 1.29 is 15.0 Å². The van der Waals surface area contributed by atoms with Crippen LogP contribution >= 0.6 is 0 Å². The molecular weight excluding hydrogens is 206 g/mol. The molecule has 0 radical (unpaired) electrons. The minimum Gasteiger partial charge on any atom is -0.479 e. The molecule has 0 aromatic carbocycles. The Morgan fingerprint density at radius 3 is 2.12 bits per heavy atom. The molecule has 4 heteroatoms. The number of carboxylic acid groups (broad SMARTS) is 1. The Morgan fingerprint density at radius 2 is 1.81 bits per heavy atom. The fraction of sp³-hybridized carbons (Fsp3) is 0.917. The zero-order chi connectivity index (χ0) is 12.8. The highest BCUT2D eigenvalue weighted by molar-refractivity contribution is 5.76. The van der Waals surface area contributed by atoms with Crippen molar-refractivity contribution in [3.63, 3.8) is 0 Å². The number of carboxylic acids is 1. The SMILES string of the molecule is CCC(CC)CN(CC)CC(C)(O)C(=O)O. The van der Waals surface area contributed by atoms with E-state index in [1.54, 1.807) is 0 Å². The third kappa shape index (κ3) is 4.94. The van der Waals surface area contributed by atoms with E-state index in [-0.39, 0.29) is 6.54 Å². The molecule has 1 unspecified atom stereocenters. The molecule has 16 heavy (non-hydrogen) atoms. The average Bonchev–Trinajstić information content (AvgIpc) is 2.23. The quantitative estimate of drug-likeness (QED) is 0.666. The highest BCUT2D eigenvalue weighted by Crippen LogP contribution is 2.13. The van der Waals surface area contributed by atoms with Gasteiger partial charge in [-0.15, -0.1) is 0 Å². The van der Waals surface area contributed by atoms with Crippen molar-refractivity contribution in [2.24, 2.45) is 5.92 Å². The second kappa shape index (κ2) is 6.86. The molecule has 0 rings (SSSR count). The molecule has 1 atom stereocenters. The number of hydrogen-bond donors (Lipinski definition) is 2. The zero-order valence-electron chi connectivity index (χ0n) is 10.9. The Labute approximate surface area is 98.3 Å². The van der Waals surface area contributed by atoms with Crippen molar-refractivity contribution >= 4 is 5.97 Å². The van der Waals surface area contributed by atoms with E-state index in [1.165, 1.54) is 6.92 Å². The summed E-state index contributed by atoms with van der Waals surface area (Å²) in [6.07, 6.45) is 2.17. The van der Waals surface area contributed by atoms with Crippen molar-refractivity contribution in [2.45, 2.75) is 46.1 Å². The summed E-state index contributed by atoms with van der Waals surface area (Å²) in [5.74, 6) is -0.583. The molecular formula is C12H25NO3. The maximum atomic E-state index is 10.8. The monoisotopic (exact) mass is 231 g/mol. The van der Waals surface area contributed by atoms with Gasteiger partial charge in [0, 0.05) is 13.1 Å². The summed E-state index contributed by atoms with van der Waals surface area (Å²) in [7, 11) is 0. The molecule has 0 aliphatic heterocycles. The van der Waals surface area contributed by atoms with Gasteiger partial charge in [-0.25, -0.2) is 4.79 Å². The van der Waals surface area contributed by atoms with Gasteiger partial charge in [-0.1, -0.05) is 33.6 Å². The fourth-order valence-corrected chi connectivity index (χ4v) is 1.72. The average molecular weight is 231 g/mol. The number of likely N-dealkylation sites (N-methyl/N-ethyl adjacent to an activating group) is 1. The Hall–Kier alpha value is -0.610. The summed E-state index contributed by atoms with van der Waals surface area (Å²) in [5.41, 5.74) is -1.65. The van der Waals surface area contributed by atoms with Crippen LogP contribution < -0.4 is 0 Å². The standard InChI is InChI=1S/C12H25NO3/c1-5-10(6-2)8-13(7-3)9-12(4,16)11(14)15/h10,16H,5-9H2,1-4H3,(H,14,15). The first-order valence-electron chi connectivity index (χ1n) is 6.05. The van der Waals surface area contributed by atoms with Crippen LogP contribution in [0.3, 0.4) is 0 Å². The van der Waals surface area contributed by atoms with Crippen molar-refractivity contribution in [2.75, 3.05) is 19.6 Å². The van der Waals surface area contributed by atoms with Crippen molar-refractivity contribution in [1.82, 2.24) is 4.90 Å². The molecule has 0 amide bonds. The highest BCUT2D eigenvalue weighted by atomic mass is 16.4. The second-order valence-corrected chi connectivity index (χ2v) is 4.59. The van der Waals surface area contributed by atoms with E-state index < -0.39 is 11.6 Å². The van der Waals surface area contributed by atoms with Crippen LogP contribution in [0, 0.1) is 5.92 Å². The predicted molar refractivity (Wildman–Crippen MR) is 64.4 cm³/mol. The van der Waals surface area contributed by atoms with Crippen LogP contribution in [0.1, 0.15) is 40.5 Å². The predicted octanol–water partition coefficient (Wildman–Crippen LogP) is 1.58. The van der Waals surface area contributed by atoms with Crippen LogP contribution in [-0.4, -0.2) is 46.3 Å². The van der Waals surface area contributed by atoms with Crippen LogP contribution in [0.15, 0.2) is 0 Å². The maximum Gasteiger partial charge on any atom is 0.336 e. The summed E-state index contributed by atoms with van der Waals surface area (Å²) in [5, 5.41) is 18.6. The number of rotatable bonds is 8. The maximum absolute atomic E-state index is 10.8. The van der Waals surface area contributed by atoms with E-state index in [9.17, 15) is 9.90 Å². The van der Waals surface area contributed by atoms with Crippen LogP contribution in [0.4, 0.5) is 0 Å². The lowest BCUT2D eigenvalue weighted by molar-refractivity contribution is -0.158. The van der Waals surface area contributed by atoms with Gasteiger partial charge in [-0.2, -0.15) is 0 Å². The van der Waals surface area contributed by atoms with E-state index in [0.717, 1.165) is 25.9 Å². The summed E-state index contributed by atoms with van der Waals surface area (Å²) < 4.78 is 0. The third-order valence-corrected chi connectivity index (χ3v) is 3.11. The zero-order valence-corrected chi connectivity index (χ0v) is 10.9. The minimum absolute atomic E-state index is 0.190. The number of aliphatic carboxylic acids is 1. The fourth-order valence-electron chi connectivity index (χ4n) is 1.72. The Bertz CT molecular complexity index is 212. The Kier molecular flexibility index (Phi) is 6.60. The van der Waals surface area contributed by atoms with Crippen LogP contribution in [0.2, 0.25) is 0 Å². The van der Waals surface area contributed by atoms with Gasteiger partial charge in [0.1, 0.15) is 0 Å². The Balaban J connectivity index is 4.35. The summed E-state index contributed by atoms with van der Waals surface area (Å²) in [6, 6.07) is 0. The van der Waals surface area contributed by atoms with Gasteiger partial charge in [-0.3, -0.25) is 4.90 Å². The topological polar surface area (TPSA) is 60.8 Å². The first kappa shape index (κ1) is 15.4. The lowest BCUT2D eigenvalue weighted by atomic mass is 10.0. The number of hydrogen-bond acceptors (Lipinski definition) is 3. The molecule has 0 saturated carbocycles. The molecule has 0 spiro atoms. The molecule has 96 valence electrons. The van der Waals surface area contributed by atoms with Crippen LogP contribution in [-0.2, 0) is 4.79 Å². The van der Waals surface area contributed by atoms with E-state index in [1.807, 2.05) is 11.8 Å². The summed E-state index contributed by atoms with van der Waals surface area (Å²) in [4.78, 5) is 12.8. The van der Waals surface area contributed by atoms with Gasteiger partial charge >= 0.3 is 5.97 Å². The van der Waals surface area contributed by atoms with Crippen LogP contribution in [0.25, 0.3) is 0 Å². The first-order valence-corrected chi connectivity index (χ1v) is 6.05. The normalized spacial score (nSPS) is 15.4. The lowest BCUT2D eigenvalue weighted by Gasteiger charge is -2.30. The lowest BCUT2D eigenvalue weighted by Crippen LogP contribution is -2.47. The smallest absolute Gasteiger partial charge is 0.336 e. The van der Waals surface area contributed by atoms with Crippen LogP contribution in [0.5, 0.6) is 0 Å². The van der Waals surface area contributed by atoms with E-state index in [4.69, 9.17) is 5.11 Å². The van der Waals surface area contributed by atoms with Gasteiger partial charge < -0.3 is 10.2 Å². The van der Waals surface area contributed by atoms with Gasteiger partial charge in [0.15, 0.2) is 5.60 Å². The Morgan fingerprint density at radius 1 is 1.31 bits per heavy atom. The van der Waals surface area contributed by atoms with E-state index >= 15 is 0 Å². The molecule has 0 saturated heterocycles. The van der Waals surface area contributed by atoms with Gasteiger partial charge in [0.05, 0.1) is 0 Å². The molecule has 0 aliphatic rings. The number of nitrogens with zero attached hydrogens (tertiary/aromatic N) is 1. The summed E-state index contributed by atoms with van der Waals surface area (Å²) in [6.45, 7) is 9.42. The second-order valence-electron chi connectivity index (χ2n) is 4.59.